The molecular weight excluding hydrogens is 294 g/mol. The molecule has 1 amide bonds. The van der Waals surface area contributed by atoms with Crippen LogP contribution in [0.2, 0.25) is 0 Å². The van der Waals surface area contributed by atoms with E-state index in [-0.39, 0.29) is 5.91 Å². The summed E-state index contributed by atoms with van der Waals surface area (Å²) in [5.41, 5.74) is 1.98. The molecule has 0 aromatic carbocycles. The molecule has 0 aliphatic heterocycles. The molecule has 1 aliphatic rings. The highest BCUT2D eigenvalue weighted by Gasteiger charge is 2.39. The molecule has 23 heavy (non-hydrogen) atoms. The summed E-state index contributed by atoms with van der Waals surface area (Å²) in [7, 11) is 1.89. The first kappa shape index (κ1) is 17.5. The number of hydrogen-bond acceptors (Lipinski definition) is 3. The van der Waals surface area contributed by atoms with Crippen molar-refractivity contribution in [2.24, 2.45) is 7.05 Å². The molecule has 128 valence electrons. The molecule has 2 N–H and O–H groups in total. The topological polar surface area (TPSA) is 84.2 Å². The fourth-order valence-electron chi connectivity index (χ4n) is 3.47. The number of hydrogen-bond donors (Lipinski definition) is 2. The third-order valence-corrected chi connectivity index (χ3v) is 5.01. The molecule has 1 fully saturated rings. The molecule has 0 unspecified atom stereocenters. The molecule has 1 aromatic heterocycles. The maximum absolute atomic E-state index is 12.3. The fourth-order valence-corrected chi connectivity index (χ4v) is 3.47. The summed E-state index contributed by atoms with van der Waals surface area (Å²) in [6, 6.07) is 0. The number of rotatable bonds is 5. The Labute approximate surface area is 137 Å². The Morgan fingerprint density at radius 2 is 1.83 bits per heavy atom. The van der Waals surface area contributed by atoms with Gasteiger partial charge in [0.2, 0.25) is 5.91 Å². The zero-order chi connectivity index (χ0) is 17.0. The minimum absolute atomic E-state index is 0.183. The largest absolute Gasteiger partial charge is 0.480 e. The Kier molecular flexibility index (Phi) is 5.44. The van der Waals surface area contributed by atoms with Crippen LogP contribution in [0.1, 0.15) is 61.9 Å². The molecule has 2 rings (SSSR count). The van der Waals surface area contributed by atoms with Crippen LogP contribution in [0.15, 0.2) is 0 Å². The van der Waals surface area contributed by atoms with E-state index in [1.807, 2.05) is 25.6 Å². The van der Waals surface area contributed by atoms with Crippen molar-refractivity contribution in [3.8, 4) is 0 Å². The molecular formula is C17H27N3O3. The first-order valence-electron chi connectivity index (χ1n) is 8.39. The highest BCUT2D eigenvalue weighted by molar-refractivity contribution is 5.87. The van der Waals surface area contributed by atoms with Gasteiger partial charge in [-0.1, -0.05) is 25.7 Å². The summed E-state index contributed by atoms with van der Waals surface area (Å²) >= 11 is 0. The monoisotopic (exact) mass is 321 g/mol. The van der Waals surface area contributed by atoms with E-state index in [1.54, 1.807) is 0 Å². The molecule has 0 spiro atoms. The first-order valence-corrected chi connectivity index (χ1v) is 8.39. The van der Waals surface area contributed by atoms with Crippen LogP contribution in [0, 0.1) is 13.8 Å². The van der Waals surface area contributed by atoms with Crippen molar-refractivity contribution in [3.05, 3.63) is 17.0 Å². The van der Waals surface area contributed by atoms with Crippen LogP contribution in [0.3, 0.4) is 0 Å². The second-order valence-electron chi connectivity index (χ2n) is 6.62. The van der Waals surface area contributed by atoms with Crippen molar-refractivity contribution in [3.63, 3.8) is 0 Å². The molecule has 0 atom stereocenters. The number of nitrogens with one attached hydrogen (secondary N) is 1. The quantitative estimate of drug-likeness (QED) is 0.815. The third kappa shape index (κ3) is 3.92. The Morgan fingerprint density at radius 1 is 1.22 bits per heavy atom. The van der Waals surface area contributed by atoms with Crippen LogP contribution in [0.25, 0.3) is 0 Å². The van der Waals surface area contributed by atoms with Crippen molar-refractivity contribution in [1.29, 1.82) is 0 Å². The van der Waals surface area contributed by atoms with Gasteiger partial charge >= 0.3 is 5.97 Å². The lowest BCUT2D eigenvalue weighted by molar-refractivity contribution is -0.148. The lowest BCUT2D eigenvalue weighted by atomic mass is 9.90. The molecule has 0 radical (unpaired) electrons. The Balaban J connectivity index is 2.01. The van der Waals surface area contributed by atoms with Crippen LogP contribution < -0.4 is 5.32 Å². The summed E-state index contributed by atoms with van der Waals surface area (Å²) in [5.74, 6) is -1.08. The highest BCUT2D eigenvalue weighted by atomic mass is 16.4. The van der Waals surface area contributed by atoms with Gasteiger partial charge in [0.25, 0.3) is 0 Å². The number of aromatic nitrogens is 2. The molecule has 1 aliphatic carbocycles. The first-order chi connectivity index (χ1) is 10.9. The van der Waals surface area contributed by atoms with Crippen LogP contribution >= 0.6 is 0 Å². The number of aryl methyl sites for hydroxylation is 2. The van der Waals surface area contributed by atoms with Gasteiger partial charge in [0.15, 0.2) is 0 Å². The van der Waals surface area contributed by atoms with Crippen molar-refractivity contribution in [2.75, 3.05) is 0 Å². The van der Waals surface area contributed by atoms with Crippen molar-refractivity contribution in [2.45, 2.75) is 70.8 Å². The van der Waals surface area contributed by atoms with Gasteiger partial charge in [-0.3, -0.25) is 9.48 Å². The van der Waals surface area contributed by atoms with E-state index >= 15 is 0 Å². The van der Waals surface area contributed by atoms with Crippen LogP contribution in [0.5, 0.6) is 0 Å². The Bertz CT molecular complexity index is 584. The zero-order valence-electron chi connectivity index (χ0n) is 14.3. The minimum Gasteiger partial charge on any atom is -0.480 e. The van der Waals surface area contributed by atoms with E-state index in [4.69, 9.17) is 0 Å². The fraction of sp³-hybridized carbons (Fsp3) is 0.706. The number of aliphatic carboxylic acids is 1. The van der Waals surface area contributed by atoms with Crippen molar-refractivity contribution in [1.82, 2.24) is 15.1 Å². The third-order valence-electron chi connectivity index (χ3n) is 5.01. The number of carboxylic acids is 1. The molecule has 0 saturated heterocycles. The zero-order valence-corrected chi connectivity index (χ0v) is 14.3. The standard InChI is InChI=1S/C17H27N3O3/c1-12-14(13(2)20(3)19-12)8-9-15(21)18-17(16(22)23)10-6-4-5-7-11-17/h4-11H2,1-3H3,(H,18,21)(H,22,23). The van der Waals surface area contributed by atoms with Crippen molar-refractivity contribution >= 4 is 11.9 Å². The summed E-state index contributed by atoms with van der Waals surface area (Å²) < 4.78 is 1.81. The maximum atomic E-state index is 12.3. The van der Waals surface area contributed by atoms with Crippen LogP contribution in [-0.4, -0.2) is 32.3 Å². The maximum Gasteiger partial charge on any atom is 0.329 e. The molecule has 1 saturated carbocycles. The Hall–Kier alpha value is -1.85. The number of carbonyl (C=O) groups excluding carboxylic acids is 1. The number of amides is 1. The van der Waals surface area contributed by atoms with Gasteiger partial charge in [0.1, 0.15) is 5.54 Å². The summed E-state index contributed by atoms with van der Waals surface area (Å²) in [6.07, 6.45) is 5.73. The molecule has 6 nitrogen and oxygen atoms in total. The SMILES string of the molecule is Cc1nn(C)c(C)c1CCC(=O)NC1(C(=O)O)CCCCCC1. The smallest absolute Gasteiger partial charge is 0.329 e. The van der Waals surface area contributed by atoms with E-state index in [9.17, 15) is 14.7 Å². The normalized spacial score (nSPS) is 17.5. The van der Waals surface area contributed by atoms with Gasteiger partial charge in [-0.15, -0.1) is 0 Å². The summed E-state index contributed by atoms with van der Waals surface area (Å²) in [4.78, 5) is 24.1. The number of carboxylic acid groups (broad SMARTS) is 1. The van der Waals surface area contributed by atoms with Gasteiger partial charge < -0.3 is 10.4 Å². The molecule has 6 heteroatoms. The lowest BCUT2D eigenvalue weighted by Gasteiger charge is -2.29. The van der Waals surface area contributed by atoms with E-state index in [2.05, 4.69) is 10.4 Å². The van der Waals surface area contributed by atoms with Crippen LogP contribution in [-0.2, 0) is 23.1 Å². The second-order valence-corrected chi connectivity index (χ2v) is 6.62. The molecule has 0 bridgehead atoms. The Morgan fingerprint density at radius 3 is 2.30 bits per heavy atom. The van der Waals surface area contributed by atoms with Gasteiger partial charge in [-0.25, -0.2) is 4.79 Å². The number of carbonyl (C=O) groups is 2. The number of nitrogens with zero attached hydrogens (tertiary/aromatic N) is 2. The molecule has 1 aromatic rings. The minimum atomic E-state index is -1.08. The molecule has 1 heterocycles. The summed E-state index contributed by atoms with van der Waals surface area (Å²) in [6.45, 7) is 3.92. The van der Waals surface area contributed by atoms with E-state index in [0.29, 0.717) is 25.7 Å². The summed E-state index contributed by atoms with van der Waals surface area (Å²) in [5, 5.41) is 16.8. The van der Waals surface area contributed by atoms with E-state index in [1.165, 1.54) is 0 Å². The van der Waals surface area contributed by atoms with Gasteiger partial charge in [-0.05, 0) is 38.7 Å². The average molecular weight is 321 g/mol. The van der Waals surface area contributed by atoms with E-state index in [0.717, 1.165) is 42.6 Å². The van der Waals surface area contributed by atoms with Crippen LogP contribution in [0.4, 0.5) is 0 Å². The predicted molar refractivity (Wildman–Crippen MR) is 87.2 cm³/mol. The van der Waals surface area contributed by atoms with Gasteiger partial charge in [0, 0.05) is 19.2 Å². The van der Waals surface area contributed by atoms with Crippen molar-refractivity contribution < 1.29 is 14.7 Å². The van der Waals surface area contributed by atoms with E-state index < -0.39 is 11.5 Å². The predicted octanol–water partition coefficient (Wildman–Crippen LogP) is 2.26. The second kappa shape index (κ2) is 7.15. The van der Waals surface area contributed by atoms with Gasteiger partial charge in [0.05, 0.1) is 5.69 Å². The average Bonchev–Trinajstić information content (AvgIpc) is 2.68. The lowest BCUT2D eigenvalue weighted by Crippen LogP contribution is -2.54. The van der Waals surface area contributed by atoms with Gasteiger partial charge in [-0.2, -0.15) is 5.10 Å². The highest BCUT2D eigenvalue weighted by Crippen LogP contribution is 2.27.